The van der Waals surface area contributed by atoms with Crippen molar-refractivity contribution in [2.45, 2.75) is 31.8 Å². The third-order valence-corrected chi connectivity index (χ3v) is 6.99. The molecule has 2 amide bonds. The highest BCUT2D eigenvalue weighted by atomic mass is 32.2. The van der Waals surface area contributed by atoms with Crippen LogP contribution in [0.2, 0.25) is 0 Å². The van der Waals surface area contributed by atoms with Gasteiger partial charge >= 0.3 is 5.97 Å². The molecular formula is C20H26N4O7S2. The van der Waals surface area contributed by atoms with E-state index >= 15 is 0 Å². The van der Waals surface area contributed by atoms with Crippen LogP contribution in [0.25, 0.3) is 0 Å². The van der Waals surface area contributed by atoms with Crippen LogP contribution in [-0.4, -0.2) is 67.4 Å². The summed E-state index contributed by atoms with van der Waals surface area (Å²) in [5.41, 5.74) is 0.934. The van der Waals surface area contributed by atoms with Gasteiger partial charge in [0.2, 0.25) is 15.9 Å². The fraction of sp³-hybridized carbons (Fsp3) is 0.400. The molecule has 2 aromatic rings. The Morgan fingerprint density at radius 3 is 2.45 bits per heavy atom. The molecule has 0 radical (unpaired) electrons. The van der Waals surface area contributed by atoms with Crippen LogP contribution >= 0.6 is 11.8 Å². The summed E-state index contributed by atoms with van der Waals surface area (Å²) in [6.07, 6.45) is -1.13. The molecule has 0 spiro atoms. The number of thioether (sulfide) groups is 1. The normalized spacial score (nSPS) is 12.3. The zero-order valence-corrected chi connectivity index (χ0v) is 20.5. The van der Waals surface area contributed by atoms with Crippen LogP contribution in [0, 0.1) is 13.8 Å². The minimum Gasteiger partial charge on any atom is -0.452 e. The topological polar surface area (TPSA) is 148 Å². The van der Waals surface area contributed by atoms with Crippen molar-refractivity contribution in [1.82, 2.24) is 9.46 Å². The van der Waals surface area contributed by atoms with Gasteiger partial charge < -0.3 is 19.9 Å². The first-order chi connectivity index (χ1) is 15.4. The van der Waals surface area contributed by atoms with Gasteiger partial charge in [0.1, 0.15) is 5.76 Å². The number of hydrogen-bond donors (Lipinski definition) is 2. The summed E-state index contributed by atoms with van der Waals surface area (Å²) in [4.78, 5) is 36.3. The molecule has 0 aliphatic carbocycles. The Kier molecular flexibility index (Phi) is 9.02. The third-order valence-electron chi connectivity index (χ3n) is 4.27. The summed E-state index contributed by atoms with van der Waals surface area (Å²) in [6.45, 7) is 4.79. The Bertz CT molecular complexity index is 1130. The van der Waals surface area contributed by atoms with E-state index in [1.54, 1.807) is 26.0 Å². The predicted octanol–water partition coefficient (Wildman–Crippen LogP) is 1.78. The van der Waals surface area contributed by atoms with Gasteiger partial charge in [0.15, 0.2) is 11.9 Å². The number of carbonyl (C=O) groups excluding carboxylic acids is 3. The maximum atomic E-state index is 12.4. The van der Waals surface area contributed by atoms with Gasteiger partial charge in [0.05, 0.1) is 16.4 Å². The van der Waals surface area contributed by atoms with E-state index in [2.05, 4.69) is 15.8 Å². The number of amides is 2. The molecule has 1 heterocycles. The highest BCUT2D eigenvalue weighted by molar-refractivity contribution is 8.00. The van der Waals surface area contributed by atoms with Crippen molar-refractivity contribution in [2.75, 3.05) is 36.2 Å². The molecule has 0 aliphatic rings. The summed E-state index contributed by atoms with van der Waals surface area (Å²) in [6, 6.07) is 5.93. The summed E-state index contributed by atoms with van der Waals surface area (Å²) >= 11 is 1.01. The molecule has 180 valence electrons. The molecule has 13 heteroatoms. The maximum Gasteiger partial charge on any atom is 0.316 e. The second-order valence-corrected chi connectivity index (χ2v) is 10.4. The monoisotopic (exact) mass is 498 g/mol. The number of carbonyl (C=O) groups is 3. The lowest BCUT2D eigenvalue weighted by Crippen LogP contribution is -2.31. The lowest BCUT2D eigenvalue weighted by molar-refractivity contribution is -0.150. The SMILES string of the molecule is Cc1cc(NC(=O)CSCC(=O)OC(C)C(=O)Nc2cc(S(=O)(=O)N(C)C)ccc2C)no1. The van der Waals surface area contributed by atoms with E-state index in [1.807, 2.05) is 0 Å². The molecule has 0 fully saturated rings. The fourth-order valence-electron chi connectivity index (χ4n) is 2.46. The predicted molar refractivity (Wildman–Crippen MR) is 123 cm³/mol. The number of esters is 1. The number of nitrogens with zero attached hydrogens (tertiary/aromatic N) is 2. The molecule has 33 heavy (non-hydrogen) atoms. The van der Waals surface area contributed by atoms with Gasteiger partial charge in [-0.3, -0.25) is 14.4 Å². The van der Waals surface area contributed by atoms with Crippen LogP contribution in [0.4, 0.5) is 11.5 Å². The highest BCUT2D eigenvalue weighted by Crippen LogP contribution is 2.22. The van der Waals surface area contributed by atoms with Crippen LogP contribution in [0.15, 0.2) is 33.7 Å². The van der Waals surface area contributed by atoms with Crippen LogP contribution in [0.1, 0.15) is 18.2 Å². The van der Waals surface area contributed by atoms with E-state index in [9.17, 15) is 22.8 Å². The number of aromatic nitrogens is 1. The van der Waals surface area contributed by atoms with E-state index in [1.165, 1.54) is 33.2 Å². The first-order valence-corrected chi connectivity index (χ1v) is 12.3. The molecule has 11 nitrogen and oxygen atoms in total. The van der Waals surface area contributed by atoms with Crippen molar-refractivity contribution in [1.29, 1.82) is 0 Å². The van der Waals surface area contributed by atoms with Crippen molar-refractivity contribution in [3.05, 3.63) is 35.6 Å². The second-order valence-electron chi connectivity index (χ2n) is 7.25. The molecule has 0 bridgehead atoms. The fourth-order valence-corrected chi connectivity index (χ4v) is 3.98. The highest BCUT2D eigenvalue weighted by Gasteiger charge is 2.22. The number of nitrogens with one attached hydrogen (secondary N) is 2. The van der Waals surface area contributed by atoms with Gasteiger partial charge in [-0.15, -0.1) is 11.8 Å². The molecular weight excluding hydrogens is 472 g/mol. The second kappa shape index (κ2) is 11.3. The molecule has 1 aromatic heterocycles. The van der Waals surface area contributed by atoms with E-state index in [0.717, 1.165) is 16.1 Å². The van der Waals surface area contributed by atoms with E-state index in [-0.39, 0.29) is 28.1 Å². The largest absolute Gasteiger partial charge is 0.452 e. The van der Waals surface area contributed by atoms with Crippen LogP contribution in [-0.2, 0) is 29.1 Å². The van der Waals surface area contributed by atoms with Crippen molar-refractivity contribution in [3.8, 4) is 0 Å². The molecule has 0 saturated heterocycles. The Labute approximate surface area is 196 Å². The van der Waals surface area contributed by atoms with Gasteiger partial charge in [-0.05, 0) is 38.5 Å². The van der Waals surface area contributed by atoms with Crippen molar-refractivity contribution < 1.29 is 32.1 Å². The van der Waals surface area contributed by atoms with Crippen molar-refractivity contribution in [3.63, 3.8) is 0 Å². The van der Waals surface area contributed by atoms with Crippen LogP contribution in [0.5, 0.6) is 0 Å². The van der Waals surface area contributed by atoms with Crippen molar-refractivity contribution in [2.24, 2.45) is 0 Å². The van der Waals surface area contributed by atoms with Gasteiger partial charge in [-0.1, -0.05) is 11.2 Å². The van der Waals surface area contributed by atoms with E-state index in [0.29, 0.717) is 17.0 Å². The smallest absolute Gasteiger partial charge is 0.316 e. The average molecular weight is 499 g/mol. The summed E-state index contributed by atoms with van der Waals surface area (Å²) in [7, 11) is -0.858. The number of sulfonamides is 1. The van der Waals surface area contributed by atoms with Gasteiger partial charge in [0, 0.05) is 25.8 Å². The first-order valence-electron chi connectivity index (χ1n) is 9.74. The number of ether oxygens (including phenoxy) is 1. The number of benzene rings is 1. The van der Waals surface area contributed by atoms with Gasteiger partial charge in [0.25, 0.3) is 5.91 Å². The standard InChI is InChI=1S/C20H26N4O7S2/c1-12-6-7-15(33(28,29)24(4)5)9-16(12)21-20(27)14(3)30-19(26)11-32-10-18(25)22-17-8-13(2)31-23-17/h6-9,14H,10-11H2,1-5H3,(H,21,27)(H,22,23,25). The van der Waals surface area contributed by atoms with Crippen LogP contribution in [0.3, 0.4) is 0 Å². The Morgan fingerprint density at radius 1 is 1.15 bits per heavy atom. The minimum absolute atomic E-state index is 0.0199. The molecule has 2 N–H and O–H groups in total. The summed E-state index contributed by atoms with van der Waals surface area (Å²) in [5, 5.41) is 8.75. The maximum absolute atomic E-state index is 12.4. The van der Waals surface area contributed by atoms with Gasteiger partial charge in [-0.25, -0.2) is 12.7 Å². The quantitative estimate of drug-likeness (QED) is 0.468. The molecule has 2 rings (SSSR count). The lowest BCUT2D eigenvalue weighted by atomic mass is 10.2. The van der Waals surface area contributed by atoms with E-state index in [4.69, 9.17) is 9.26 Å². The molecule has 0 aliphatic heterocycles. The average Bonchev–Trinajstić information content (AvgIpc) is 3.13. The zero-order valence-electron chi connectivity index (χ0n) is 18.9. The molecule has 1 unspecified atom stereocenters. The summed E-state index contributed by atoms with van der Waals surface area (Å²) < 4.78 is 35.7. The van der Waals surface area contributed by atoms with Crippen LogP contribution < -0.4 is 10.6 Å². The minimum atomic E-state index is -3.68. The Balaban J connectivity index is 1.85. The third kappa shape index (κ3) is 7.58. The number of rotatable bonds is 10. The first kappa shape index (κ1) is 26.4. The molecule has 1 atom stereocenters. The Morgan fingerprint density at radius 2 is 1.85 bits per heavy atom. The molecule has 1 aromatic carbocycles. The number of aryl methyl sites for hydroxylation is 2. The lowest BCUT2D eigenvalue weighted by Gasteiger charge is -2.16. The van der Waals surface area contributed by atoms with Gasteiger partial charge in [-0.2, -0.15) is 0 Å². The van der Waals surface area contributed by atoms with E-state index < -0.39 is 28.0 Å². The number of anilines is 2. The number of hydrogen-bond acceptors (Lipinski definition) is 9. The molecule has 0 saturated carbocycles. The summed E-state index contributed by atoms with van der Waals surface area (Å²) in [5.74, 6) is -0.982. The van der Waals surface area contributed by atoms with Crippen molar-refractivity contribution >= 4 is 51.1 Å². The zero-order chi connectivity index (χ0) is 24.8. The Hall–Kier alpha value is -2.90.